The second-order valence-corrected chi connectivity index (χ2v) is 17.1. The highest BCUT2D eigenvalue weighted by Crippen LogP contribution is 2.35. The van der Waals surface area contributed by atoms with Gasteiger partial charge in [0.25, 0.3) is 0 Å². The molecule has 0 aliphatic carbocycles. The van der Waals surface area contributed by atoms with E-state index in [4.69, 9.17) is 9.47 Å². The summed E-state index contributed by atoms with van der Waals surface area (Å²) in [7, 11) is -1.19. The third-order valence-corrected chi connectivity index (χ3v) is 12.7. The maximum atomic E-state index is 14.0. The molecule has 268 valence electrons. The Balaban J connectivity index is 1.73. The second kappa shape index (κ2) is 18.2. The smallest absolute Gasteiger partial charge is 0.242 e. The molecule has 2 aromatic carbocycles. The average Bonchev–Trinajstić information content (AvgIpc) is 3.79. The lowest BCUT2D eigenvalue weighted by atomic mass is 10.1. The van der Waals surface area contributed by atoms with Crippen molar-refractivity contribution in [2.45, 2.75) is 36.0 Å². The number of hydrogen-bond acceptors (Lipinski definition) is 11. The SMILES string of the molecule is CCN(CCN(C)C)c1cc(NCCc2ccc(OC)c(OC)c2)c(S(=O)(=O)NCCc2cccs2)cc1S(=O)(=O)NCCc1cccs1. The van der Waals surface area contributed by atoms with Crippen molar-refractivity contribution in [1.29, 1.82) is 0 Å². The summed E-state index contributed by atoms with van der Waals surface area (Å²) >= 11 is 3.11. The first kappa shape index (κ1) is 38.6. The number of rotatable bonds is 21. The predicted molar refractivity (Wildman–Crippen MR) is 201 cm³/mol. The number of benzene rings is 2. The number of anilines is 2. The van der Waals surface area contributed by atoms with Crippen LogP contribution in [0.1, 0.15) is 22.2 Å². The average molecular weight is 750 g/mol. The molecule has 2 heterocycles. The van der Waals surface area contributed by atoms with Crippen molar-refractivity contribution in [3.05, 3.63) is 80.7 Å². The second-order valence-electron chi connectivity index (χ2n) is 11.5. The van der Waals surface area contributed by atoms with E-state index in [1.165, 1.54) is 6.07 Å². The van der Waals surface area contributed by atoms with Crippen molar-refractivity contribution in [1.82, 2.24) is 14.3 Å². The summed E-state index contributed by atoms with van der Waals surface area (Å²) in [5.74, 6) is 1.21. The highest BCUT2D eigenvalue weighted by molar-refractivity contribution is 7.90. The molecule has 0 amide bonds. The first-order valence-electron chi connectivity index (χ1n) is 16.0. The van der Waals surface area contributed by atoms with E-state index in [1.54, 1.807) is 43.0 Å². The van der Waals surface area contributed by atoms with Gasteiger partial charge in [-0.3, -0.25) is 0 Å². The first-order chi connectivity index (χ1) is 23.5. The van der Waals surface area contributed by atoms with Gasteiger partial charge in [-0.1, -0.05) is 18.2 Å². The molecule has 11 nitrogen and oxygen atoms in total. The van der Waals surface area contributed by atoms with Crippen molar-refractivity contribution >= 4 is 54.1 Å². The lowest BCUT2D eigenvalue weighted by Crippen LogP contribution is -2.35. The molecule has 0 aliphatic heterocycles. The van der Waals surface area contributed by atoms with Gasteiger partial charge in [-0.05, 0) is 93.0 Å². The number of hydrogen-bond donors (Lipinski definition) is 3. The van der Waals surface area contributed by atoms with E-state index in [0.29, 0.717) is 68.3 Å². The summed E-state index contributed by atoms with van der Waals surface area (Å²) < 4.78 is 72.2. The Hall–Kier alpha value is -3.18. The van der Waals surface area contributed by atoms with Crippen molar-refractivity contribution in [2.24, 2.45) is 0 Å². The van der Waals surface area contributed by atoms with Crippen LogP contribution in [0.15, 0.2) is 75.1 Å². The minimum absolute atomic E-state index is 0.0802. The van der Waals surface area contributed by atoms with Gasteiger partial charge in [-0.15, -0.1) is 22.7 Å². The molecular weight excluding hydrogens is 703 g/mol. The number of methoxy groups -OCH3 is 2. The largest absolute Gasteiger partial charge is 0.493 e. The molecule has 0 fully saturated rings. The maximum absolute atomic E-state index is 14.0. The molecule has 0 atom stereocenters. The van der Waals surface area contributed by atoms with Crippen LogP contribution >= 0.6 is 22.7 Å². The number of ether oxygens (including phenoxy) is 2. The fourth-order valence-corrected chi connectivity index (χ4v) is 9.18. The van der Waals surface area contributed by atoms with Crippen molar-refractivity contribution in [2.75, 3.05) is 77.8 Å². The van der Waals surface area contributed by atoms with Gasteiger partial charge in [-0.25, -0.2) is 26.3 Å². The van der Waals surface area contributed by atoms with E-state index >= 15 is 0 Å². The van der Waals surface area contributed by atoms with Gasteiger partial charge >= 0.3 is 0 Å². The molecular formula is C34H47N5O6S4. The zero-order chi connectivity index (χ0) is 35.4. The van der Waals surface area contributed by atoms with Crippen LogP contribution in [0.2, 0.25) is 0 Å². The zero-order valence-corrected chi connectivity index (χ0v) is 32.0. The Morgan fingerprint density at radius 2 is 1.33 bits per heavy atom. The first-order valence-corrected chi connectivity index (χ1v) is 20.8. The molecule has 15 heteroatoms. The summed E-state index contributed by atoms with van der Waals surface area (Å²) in [6.07, 6.45) is 1.58. The highest BCUT2D eigenvalue weighted by atomic mass is 32.2. The quantitative estimate of drug-likeness (QED) is 0.109. The molecule has 0 spiro atoms. The number of thiophene rings is 2. The van der Waals surface area contributed by atoms with Gasteiger partial charge in [-0.2, -0.15) is 0 Å². The lowest BCUT2D eigenvalue weighted by molar-refractivity contribution is 0.354. The Morgan fingerprint density at radius 3 is 1.86 bits per heavy atom. The van der Waals surface area contributed by atoms with E-state index in [2.05, 4.69) is 14.8 Å². The Labute approximate surface area is 299 Å². The van der Waals surface area contributed by atoms with Crippen LogP contribution in [0, 0.1) is 0 Å². The van der Waals surface area contributed by atoms with E-state index < -0.39 is 20.0 Å². The number of sulfonamides is 2. The van der Waals surface area contributed by atoms with Crippen LogP contribution in [0.4, 0.5) is 11.4 Å². The molecule has 0 bridgehead atoms. The van der Waals surface area contributed by atoms with Crippen LogP contribution in [0.5, 0.6) is 11.5 Å². The van der Waals surface area contributed by atoms with Gasteiger partial charge in [0.2, 0.25) is 20.0 Å². The van der Waals surface area contributed by atoms with E-state index in [9.17, 15) is 16.8 Å². The highest BCUT2D eigenvalue weighted by Gasteiger charge is 2.29. The van der Waals surface area contributed by atoms with Crippen LogP contribution < -0.4 is 29.1 Å². The molecule has 0 aliphatic rings. The molecule has 0 radical (unpaired) electrons. The lowest BCUT2D eigenvalue weighted by Gasteiger charge is -2.28. The molecule has 4 aromatic rings. The van der Waals surface area contributed by atoms with Crippen LogP contribution in [0.25, 0.3) is 0 Å². The normalized spacial score (nSPS) is 12.0. The molecule has 2 aromatic heterocycles. The summed E-state index contributed by atoms with van der Waals surface area (Å²) in [4.78, 5) is 5.88. The van der Waals surface area contributed by atoms with Gasteiger partial charge in [0.1, 0.15) is 9.79 Å². The molecule has 0 unspecified atom stereocenters. The van der Waals surface area contributed by atoms with Crippen LogP contribution in [0.3, 0.4) is 0 Å². The number of nitrogens with zero attached hydrogens (tertiary/aromatic N) is 2. The summed E-state index contributed by atoms with van der Waals surface area (Å²) in [6.45, 7) is 4.41. The Bertz CT molecular complexity index is 1830. The summed E-state index contributed by atoms with van der Waals surface area (Å²) in [5.41, 5.74) is 1.71. The van der Waals surface area contributed by atoms with E-state index in [0.717, 1.165) is 15.3 Å². The third kappa shape index (κ3) is 10.9. The van der Waals surface area contributed by atoms with Crippen LogP contribution in [-0.2, 0) is 39.3 Å². The minimum Gasteiger partial charge on any atom is -0.493 e. The summed E-state index contributed by atoms with van der Waals surface area (Å²) in [5, 5.41) is 7.22. The fraction of sp³-hybridized carbons (Fsp3) is 0.412. The third-order valence-electron chi connectivity index (χ3n) is 7.84. The summed E-state index contributed by atoms with van der Waals surface area (Å²) in [6, 6.07) is 16.4. The van der Waals surface area contributed by atoms with Crippen molar-refractivity contribution in [3.63, 3.8) is 0 Å². The van der Waals surface area contributed by atoms with Gasteiger partial charge in [0.05, 0.1) is 25.6 Å². The molecule has 0 saturated heterocycles. The van der Waals surface area contributed by atoms with Crippen molar-refractivity contribution in [3.8, 4) is 11.5 Å². The van der Waals surface area contributed by atoms with E-state index in [-0.39, 0.29) is 22.9 Å². The number of nitrogens with one attached hydrogen (secondary N) is 3. The van der Waals surface area contributed by atoms with Crippen LogP contribution in [-0.4, -0.2) is 89.3 Å². The maximum Gasteiger partial charge on any atom is 0.242 e. The fourth-order valence-electron chi connectivity index (χ4n) is 5.20. The standard InChI is InChI=1S/C34H47N5O6S4/c1-6-39(20-19-38(2)3)30-24-29(35-16-13-26-11-12-31(44-4)32(23-26)45-5)33(48(40,41)36-17-14-27-9-7-21-46-27)25-34(30)49(42,43)37-18-15-28-10-8-22-47-28/h7-12,21-25,35-37H,6,13-20H2,1-5H3. The molecule has 49 heavy (non-hydrogen) atoms. The predicted octanol–water partition coefficient (Wildman–Crippen LogP) is 4.91. The van der Waals surface area contributed by atoms with Gasteiger partial charge in [0.15, 0.2) is 11.5 Å². The van der Waals surface area contributed by atoms with Gasteiger partial charge in [0, 0.05) is 49.0 Å². The number of likely N-dealkylation sites (N-methyl/N-ethyl adjacent to an activating group) is 2. The Kier molecular flexibility index (Phi) is 14.3. The van der Waals surface area contributed by atoms with Crippen molar-refractivity contribution < 1.29 is 26.3 Å². The molecule has 0 saturated carbocycles. The van der Waals surface area contributed by atoms with E-state index in [1.807, 2.05) is 84.0 Å². The monoisotopic (exact) mass is 749 g/mol. The van der Waals surface area contributed by atoms with Gasteiger partial charge < -0.3 is 24.6 Å². The molecule has 3 N–H and O–H groups in total. The topological polar surface area (TPSA) is 129 Å². The molecule has 4 rings (SSSR count). The zero-order valence-electron chi connectivity index (χ0n) is 28.7. The minimum atomic E-state index is -4.13. The Morgan fingerprint density at radius 1 is 0.714 bits per heavy atom.